The quantitative estimate of drug-likeness (QED) is 0.233. The Morgan fingerprint density at radius 2 is 1.50 bits per heavy atom. The Balaban J connectivity index is 1.74. The van der Waals surface area contributed by atoms with E-state index in [9.17, 15) is 18.0 Å². The van der Waals surface area contributed by atoms with Crippen molar-refractivity contribution in [2.75, 3.05) is 10.8 Å². The number of carbonyl (C=O) groups excluding carboxylic acids is 2. The van der Waals surface area contributed by atoms with E-state index in [4.69, 9.17) is 23.2 Å². The van der Waals surface area contributed by atoms with Crippen LogP contribution >= 0.6 is 23.2 Å². The normalized spacial score (nSPS) is 14.6. The highest BCUT2D eigenvalue weighted by atomic mass is 35.5. The van der Waals surface area contributed by atoms with E-state index < -0.39 is 28.5 Å². The molecule has 1 fully saturated rings. The number of anilines is 1. The standard InChI is InChI=1S/C34H41Cl2N3O4S/c1-5-32(34(41)37-27-9-7-6-8-10-27)38(21-26-13-16-30(35)31(36)20-26)33(40)22-39(28-18-24(3)17-25(4)19-28)44(42,43)29-14-11-23(2)12-15-29/h11-20,27,32H,5-10,21-22H2,1-4H3,(H,37,41)/t32-/m0/s1. The molecule has 1 aliphatic rings. The first kappa shape index (κ1) is 33.8. The summed E-state index contributed by atoms with van der Waals surface area (Å²) in [6, 6.07) is 16.3. The van der Waals surface area contributed by atoms with Crippen LogP contribution in [-0.4, -0.2) is 43.8 Å². The van der Waals surface area contributed by atoms with Gasteiger partial charge >= 0.3 is 0 Å². The monoisotopic (exact) mass is 657 g/mol. The van der Waals surface area contributed by atoms with Crippen molar-refractivity contribution in [3.05, 3.63) is 93.0 Å². The lowest BCUT2D eigenvalue weighted by Gasteiger charge is -2.34. The summed E-state index contributed by atoms with van der Waals surface area (Å²) in [5, 5.41) is 3.87. The van der Waals surface area contributed by atoms with Gasteiger partial charge in [-0.25, -0.2) is 8.42 Å². The molecule has 3 aromatic carbocycles. The molecule has 0 aromatic heterocycles. The van der Waals surface area contributed by atoms with Crippen LogP contribution in [0.1, 0.15) is 67.7 Å². The van der Waals surface area contributed by atoms with E-state index in [2.05, 4.69) is 5.32 Å². The minimum Gasteiger partial charge on any atom is -0.352 e. The van der Waals surface area contributed by atoms with E-state index in [1.165, 1.54) is 4.90 Å². The molecule has 1 atom stereocenters. The molecule has 0 unspecified atom stereocenters. The molecule has 44 heavy (non-hydrogen) atoms. The Morgan fingerprint density at radius 3 is 2.09 bits per heavy atom. The summed E-state index contributed by atoms with van der Waals surface area (Å²) in [4.78, 5) is 29.6. The first-order valence-corrected chi connectivity index (χ1v) is 17.3. The second-order valence-corrected chi connectivity index (χ2v) is 14.4. The molecule has 0 radical (unpaired) electrons. The lowest BCUT2D eigenvalue weighted by Crippen LogP contribution is -2.54. The lowest BCUT2D eigenvalue weighted by atomic mass is 9.95. The molecule has 0 bridgehead atoms. The number of carbonyl (C=O) groups is 2. The summed E-state index contributed by atoms with van der Waals surface area (Å²) >= 11 is 12.5. The van der Waals surface area contributed by atoms with E-state index in [1.54, 1.807) is 54.6 Å². The molecule has 1 saturated carbocycles. The minimum absolute atomic E-state index is 0.0532. The molecule has 2 amide bonds. The SMILES string of the molecule is CC[C@@H](C(=O)NC1CCCCC1)N(Cc1ccc(Cl)c(Cl)c1)C(=O)CN(c1cc(C)cc(C)c1)S(=O)(=O)c1ccc(C)cc1. The van der Waals surface area contributed by atoms with Crippen LogP contribution in [0.2, 0.25) is 10.0 Å². The number of hydrogen-bond donors (Lipinski definition) is 1. The Morgan fingerprint density at radius 1 is 0.864 bits per heavy atom. The van der Waals surface area contributed by atoms with Crippen LogP contribution in [0.15, 0.2) is 65.6 Å². The average molecular weight is 659 g/mol. The number of sulfonamides is 1. The topological polar surface area (TPSA) is 86.8 Å². The van der Waals surface area contributed by atoms with E-state index in [0.717, 1.165) is 53.1 Å². The van der Waals surface area contributed by atoms with Gasteiger partial charge in [0.2, 0.25) is 11.8 Å². The minimum atomic E-state index is -4.15. The van der Waals surface area contributed by atoms with Crippen LogP contribution in [0.25, 0.3) is 0 Å². The predicted octanol–water partition coefficient (Wildman–Crippen LogP) is 7.37. The summed E-state index contributed by atoms with van der Waals surface area (Å²) < 4.78 is 29.4. The van der Waals surface area contributed by atoms with Crippen molar-refractivity contribution in [2.24, 2.45) is 0 Å². The molecule has 3 aromatic rings. The van der Waals surface area contributed by atoms with Gasteiger partial charge in [0.15, 0.2) is 0 Å². The fraction of sp³-hybridized carbons (Fsp3) is 0.412. The molecule has 4 rings (SSSR count). The Kier molecular flexibility index (Phi) is 11.4. The predicted molar refractivity (Wildman–Crippen MR) is 178 cm³/mol. The van der Waals surface area contributed by atoms with Gasteiger partial charge in [0.25, 0.3) is 10.0 Å². The summed E-state index contributed by atoms with van der Waals surface area (Å²) in [5.74, 6) is -0.747. The van der Waals surface area contributed by atoms with Crippen molar-refractivity contribution in [1.29, 1.82) is 0 Å². The second-order valence-electron chi connectivity index (χ2n) is 11.7. The average Bonchev–Trinajstić information content (AvgIpc) is 2.97. The van der Waals surface area contributed by atoms with Gasteiger partial charge in [-0.15, -0.1) is 0 Å². The molecule has 0 aliphatic heterocycles. The maximum Gasteiger partial charge on any atom is 0.264 e. The summed E-state index contributed by atoms with van der Waals surface area (Å²) in [7, 11) is -4.15. The van der Waals surface area contributed by atoms with Crippen molar-refractivity contribution >= 4 is 50.7 Å². The second kappa shape index (κ2) is 14.8. The molecular weight excluding hydrogens is 617 g/mol. The molecule has 0 saturated heterocycles. The third-order valence-electron chi connectivity index (χ3n) is 8.06. The maximum atomic E-state index is 14.4. The summed E-state index contributed by atoms with van der Waals surface area (Å²) in [5.41, 5.74) is 3.70. The van der Waals surface area contributed by atoms with Gasteiger partial charge in [0.1, 0.15) is 12.6 Å². The van der Waals surface area contributed by atoms with Gasteiger partial charge in [0, 0.05) is 12.6 Å². The number of amides is 2. The Hall–Kier alpha value is -3.07. The van der Waals surface area contributed by atoms with Crippen LogP contribution in [0.5, 0.6) is 0 Å². The number of benzene rings is 3. The van der Waals surface area contributed by atoms with Gasteiger partial charge < -0.3 is 10.2 Å². The highest BCUT2D eigenvalue weighted by Gasteiger charge is 2.34. The zero-order valence-corrected chi connectivity index (χ0v) is 28.1. The highest BCUT2D eigenvalue weighted by molar-refractivity contribution is 7.92. The number of nitrogens with zero attached hydrogens (tertiary/aromatic N) is 2. The third-order valence-corrected chi connectivity index (χ3v) is 10.6. The molecule has 0 heterocycles. The highest BCUT2D eigenvalue weighted by Crippen LogP contribution is 2.28. The van der Waals surface area contributed by atoms with Gasteiger partial charge in [0.05, 0.1) is 20.6 Å². The van der Waals surface area contributed by atoms with Gasteiger partial charge in [-0.2, -0.15) is 0 Å². The molecule has 0 spiro atoms. The fourth-order valence-electron chi connectivity index (χ4n) is 5.76. The summed E-state index contributed by atoms with van der Waals surface area (Å²) in [6.07, 6.45) is 5.40. The molecule has 1 aliphatic carbocycles. The zero-order chi connectivity index (χ0) is 32.0. The number of halogens is 2. The van der Waals surface area contributed by atoms with E-state index in [1.807, 2.05) is 33.8 Å². The molecular formula is C34H41Cl2N3O4S. The largest absolute Gasteiger partial charge is 0.352 e. The summed E-state index contributed by atoms with van der Waals surface area (Å²) in [6.45, 7) is 7.06. The van der Waals surface area contributed by atoms with Crippen LogP contribution < -0.4 is 9.62 Å². The number of hydrogen-bond acceptors (Lipinski definition) is 4. The number of aryl methyl sites for hydroxylation is 3. The van der Waals surface area contributed by atoms with E-state index in [-0.39, 0.29) is 23.4 Å². The molecule has 10 heteroatoms. The molecule has 236 valence electrons. The smallest absolute Gasteiger partial charge is 0.264 e. The third kappa shape index (κ3) is 8.34. The Labute approximate surface area is 271 Å². The van der Waals surface area contributed by atoms with Crippen molar-refractivity contribution < 1.29 is 18.0 Å². The van der Waals surface area contributed by atoms with Crippen LogP contribution in [0.3, 0.4) is 0 Å². The van der Waals surface area contributed by atoms with Crippen molar-refractivity contribution in [2.45, 2.75) is 89.7 Å². The van der Waals surface area contributed by atoms with Crippen LogP contribution in [0.4, 0.5) is 5.69 Å². The van der Waals surface area contributed by atoms with E-state index in [0.29, 0.717) is 27.7 Å². The maximum absolute atomic E-state index is 14.4. The van der Waals surface area contributed by atoms with Gasteiger partial charge in [-0.1, -0.05) is 79.2 Å². The fourth-order valence-corrected chi connectivity index (χ4v) is 7.48. The molecule has 7 nitrogen and oxygen atoms in total. The van der Waals surface area contributed by atoms with Crippen molar-refractivity contribution in [3.8, 4) is 0 Å². The van der Waals surface area contributed by atoms with E-state index >= 15 is 0 Å². The van der Waals surface area contributed by atoms with Crippen molar-refractivity contribution in [3.63, 3.8) is 0 Å². The zero-order valence-electron chi connectivity index (χ0n) is 25.8. The van der Waals surface area contributed by atoms with Gasteiger partial charge in [-0.3, -0.25) is 13.9 Å². The first-order chi connectivity index (χ1) is 20.9. The first-order valence-electron chi connectivity index (χ1n) is 15.1. The Bertz CT molecular complexity index is 1570. The number of rotatable bonds is 11. The molecule has 1 N–H and O–H groups in total. The van der Waals surface area contributed by atoms with Crippen molar-refractivity contribution in [1.82, 2.24) is 10.2 Å². The lowest BCUT2D eigenvalue weighted by molar-refractivity contribution is -0.140. The van der Waals surface area contributed by atoms with Crippen LogP contribution in [0, 0.1) is 20.8 Å². The number of nitrogens with one attached hydrogen (secondary N) is 1. The van der Waals surface area contributed by atoms with Crippen LogP contribution in [-0.2, 0) is 26.2 Å². The van der Waals surface area contributed by atoms with Gasteiger partial charge in [-0.05, 0) is 93.1 Å².